The molecule has 0 saturated heterocycles. The van der Waals surface area contributed by atoms with Gasteiger partial charge < -0.3 is 4.74 Å². The van der Waals surface area contributed by atoms with Gasteiger partial charge in [0.05, 0.1) is 22.8 Å². The van der Waals surface area contributed by atoms with Crippen molar-refractivity contribution in [1.82, 2.24) is 9.97 Å². The third kappa shape index (κ3) is 4.97. The number of ether oxygens (including phenoxy) is 1. The van der Waals surface area contributed by atoms with Crippen LogP contribution in [0.3, 0.4) is 0 Å². The molecule has 0 radical (unpaired) electrons. The molecular weight excluding hydrogens is 585 g/mol. The Bertz CT molecular complexity index is 2090. The molecule has 0 amide bonds. The lowest BCUT2D eigenvalue weighted by Crippen LogP contribution is -2.37. The Hall–Kier alpha value is -5.28. The fourth-order valence-electron chi connectivity index (χ4n) is 7.11. The molecule has 0 N–H and O–H groups in total. The van der Waals surface area contributed by atoms with Crippen molar-refractivity contribution in [3.8, 4) is 34.0 Å². The second-order valence-electron chi connectivity index (χ2n) is 15.2. The van der Waals surface area contributed by atoms with Crippen LogP contribution in [-0.4, -0.2) is 9.97 Å². The molecule has 0 fully saturated rings. The number of aromatic nitrogens is 2. The standard InChI is InChI=1S/C45H40N2O/c1-43(2,3)33-21-23-39-35(27-33)45(36-28-34(44(4,5)6)22-24-40(36)48-39)41-17-9-15-37(46-41)31-13-7-11-29(25-31)19-20-30-12-8-14-32(26-30)38-16-10-18-42(45)47-38/h7-28H,1-6H3. The summed E-state index contributed by atoms with van der Waals surface area (Å²) < 4.78 is 6.82. The largest absolute Gasteiger partial charge is 0.457 e. The van der Waals surface area contributed by atoms with Gasteiger partial charge in [0.25, 0.3) is 0 Å². The van der Waals surface area contributed by atoms with Crippen LogP contribution in [0.25, 0.3) is 34.7 Å². The van der Waals surface area contributed by atoms with Gasteiger partial charge in [-0.15, -0.1) is 0 Å². The molecule has 0 saturated carbocycles. The molecule has 48 heavy (non-hydrogen) atoms. The number of benzene rings is 4. The van der Waals surface area contributed by atoms with Gasteiger partial charge in [0.2, 0.25) is 0 Å². The van der Waals surface area contributed by atoms with E-state index < -0.39 is 5.41 Å². The number of rotatable bonds is 0. The fraction of sp³-hybridized carbons (Fsp3) is 0.200. The van der Waals surface area contributed by atoms with E-state index in [0.717, 1.165) is 67.7 Å². The van der Waals surface area contributed by atoms with Gasteiger partial charge in [0.15, 0.2) is 0 Å². The van der Waals surface area contributed by atoms with Gasteiger partial charge in [-0.3, -0.25) is 9.97 Å². The predicted octanol–water partition coefficient (Wildman–Crippen LogP) is 11.4. The number of hydrogen-bond donors (Lipinski definition) is 0. The Morgan fingerprint density at radius 2 is 0.917 bits per heavy atom. The van der Waals surface area contributed by atoms with Gasteiger partial charge in [-0.05, 0) is 93.7 Å². The van der Waals surface area contributed by atoms with Gasteiger partial charge in [-0.25, -0.2) is 0 Å². The van der Waals surface area contributed by atoms with Crippen LogP contribution in [0, 0.1) is 0 Å². The number of nitrogens with zero attached hydrogens (tertiary/aromatic N) is 2. The molecule has 1 spiro atoms. The Labute approximate surface area is 284 Å². The van der Waals surface area contributed by atoms with Crippen molar-refractivity contribution in [2.75, 3.05) is 0 Å². The molecule has 236 valence electrons. The molecule has 4 aromatic carbocycles. The fourth-order valence-corrected chi connectivity index (χ4v) is 7.11. The molecule has 6 aromatic rings. The monoisotopic (exact) mass is 624 g/mol. The van der Waals surface area contributed by atoms with Gasteiger partial charge in [0, 0.05) is 22.3 Å². The van der Waals surface area contributed by atoms with Crippen molar-refractivity contribution in [1.29, 1.82) is 0 Å². The molecule has 8 rings (SSSR count). The smallest absolute Gasteiger partial charge is 0.132 e. The van der Waals surface area contributed by atoms with Crippen molar-refractivity contribution in [3.63, 3.8) is 0 Å². The maximum atomic E-state index is 6.82. The van der Waals surface area contributed by atoms with Crippen LogP contribution in [0.1, 0.15) is 86.3 Å². The van der Waals surface area contributed by atoms with Crippen molar-refractivity contribution in [3.05, 3.63) is 166 Å². The van der Waals surface area contributed by atoms with Gasteiger partial charge in [-0.1, -0.05) is 114 Å². The van der Waals surface area contributed by atoms with E-state index in [1.165, 1.54) is 11.1 Å². The zero-order chi connectivity index (χ0) is 33.3. The van der Waals surface area contributed by atoms with E-state index in [9.17, 15) is 0 Å². The highest BCUT2D eigenvalue weighted by molar-refractivity contribution is 5.76. The second kappa shape index (κ2) is 10.9. The summed E-state index contributed by atoms with van der Waals surface area (Å²) in [6, 6.07) is 43.5. The molecule has 8 bridgehead atoms. The summed E-state index contributed by atoms with van der Waals surface area (Å²) in [4.78, 5) is 11.2. The molecular formula is C45H40N2O. The van der Waals surface area contributed by atoms with Crippen LogP contribution < -0.4 is 4.74 Å². The van der Waals surface area contributed by atoms with E-state index in [2.05, 4.69) is 175 Å². The summed E-state index contributed by atoms with van der Waals surface area (Å²) >= 11 is 0. The second-order valence-corrected chi connectivity index (χ2v) is 15.2. The summed E-state index contributed by atoms with van der Waals surface area (Å²) in [5, 5.41) is 0. The molecule has 2 aliphatic rings. The van der Waals surface area contributed by atoms with Gasteiger partial charge >= 0.3 is 0 Å². The third-order valence-electron chi connectivity index (χ3n) is 9.82. The molecule has 3 nitrogen and oxygen atoms in total. The van der Waals surface area contributed by atoms with E-state index >= 15 is 0 Å². The highest BCUT2D eigenvalue weighted by atomic mass is 16.5. The van der Waals surface area contributed by atoms with Crippen molar-refractivity contribution in [2.45, 2.75) is 57.8 Å². The zero-order valence-electron chi connectivity index (χ0n) is 28.5. The lowest BCUT2D eigenvalue weighted by atomic mass is 9.65. The Balaban J connectivity index is 1.56. The Morgan fingerprint density at radius 1 is 0.479 bits per heavy atom. The van der Waals surface area contributed by atoms with Crippen LogP contribution in [0.2, 0.25) is 0 Å². The predicted molar refractivity (Wildman–Crippen MR) is 198 cm³/mol. The maximum absolute atomic E-state index is 6.82. The Kier molecular flexibility index (Phi) is 6.82. The normalized spacial score (nSPS) is 14.3. The highest BCUT2D eigenvalue weighted by Crippen LogP contribution is 2.56. The minimum absolute atomic E-state index is 0.0814. The molecule has 3 heteroatoms. The summed E-state index contributed by atoms with van der Waals surface area (Å²) in [7, 11) is 0. The Morgan fingerprint density at radius 3 is 1.35 bits per heavy atom. The SMILES string of the molecule is CC(C)(C)c1ccc2c(c1)C1(c3cccc(n3)-c3cccc(c3)C=Cc3cccc(c3)-c3cccc1n3)c1cc(C(C)(C)C)ccc1O2. The van der Waals surface area contributed by atoms with E-state index in [1.54, 1.807) is 0 Å². The summed E-state index contributed by atoms with van der Waals surface area (Å²) in [5.41, 5.74) is 11.6. The van der Waals surface area contributed by atoms with Crippen LogP contribution in [0.5, 0.6) is 11.5 Å². The maximum Gasteiger partial charge on any atom is 0.132 e. The first-order valence-corrected chi connectivity index (χ1v) is 16.8. The number of pyridine rings is 2. The highest BCUT2D eigenvalue weighted by Gasteiger charge is 2.49. The van der Waals surface area contributed by atoms with E-state index in [1.807, 2.05) is 0 Å². The molecule has 0 atom stereocenters. The average Bonchev–Trinajstić information content (AvgIpc) is 3.08. The van der Waals surface area contributed by atoms with Crippen molar-refractivity contribution >= 4 is 12.2 Å². The van der Waals surface area contributed by atoms with Crippen LogP contribution in [0.4, 0.5) is 0 Å². The summed E-state index contributed by atoms with van der Waals surface area (Å²) in [6.45, 7) is 13.6. The number of hydrogen-bond acceptors (Lipinski definition) is 3. The van der Waals surface area contributed by atoms with E-state index in [4.69, 9.17) is 14.7 Å². The zero-order valence-corrected chi connectivity index (χ0v) is 28.5. The third-order valence-corrected chi connectivity index (χ3v) is 9.82. The molecule has 2 aromatic heterocycles. The average molecular weight is 625 g/mol. The minimum Gasteiger partial charge on any atom is -0.457 e. The van der Waals surface area contributed by atoms with Crippen LogP contribution in [0.15, 0.2) is 121 Å². The first-order valence-electron chi connectivity index (χ1n) is 16.8. The van der Waals surface area contributed by atoms with E-state index in [0.29, 0.717) is 0 Å². The van der Waals surface area contributed by atoms with Crippen LogP contribution >= 0.6 is 0 Å². The first kappa shape index (κ1) is 30.1. The molecule has 0 aliphatic carbocycles. The summed E-state index contributed by atoms with van der Waals surface area (Å²) in [6.07, 6.45) is 4.34. The molecule has 0 unspecified atom stereocenters. The molecule has 4 heterocycles. The molecule has 2 aliphatic heterocycles. The van der Waals surface area contributed by atoms with E-state index in [-0.39, 0.29) is 10.8 Å². The van der Waals surface area contributed by atoms with Gasteiger partial charge in [0.1, 0.15) is 16.9 Å². The lowest BCUT2D eigenvalue weighted by Gasteiger charge is -2.41. The van der Waals surface area contributed by atoms with Gasteiger partial charge in [-0.2, -0.15) is 0 Å². The lowest BCUT2D eigenvalue weighted by molar-refractivity contribution is 0.426. The van der Waals surface area contributed by atoms with Crippen molar-refractivity contribution in [2.24, 2.45) is 0 Å². The first-order chi connectivity index (χ1) is 23.0. The minimum atomic E-state index is -0.870. The summed E-state index contributed by atoms with van der Waals surface area (Å²) in [5.74, 6) is 1.65. The van der Waals surface area contributed by atoms with Crippen molar-refractivity contribution < 1.29 is 4.74 Å². The van der Waals surface area contributed by atoms with Crippen LogP contribution in [-0.2, 0) is 16.2 Å². The number of fused-ring (bicyclic) bond motifs is 16. The quantitative estimate of drug-likeness (QED) is 0.168. The topological polar surface area (TPSA) is 35.0 Å².